The quantitative estimate of drug-likeness (QED) is 0.782. The summed E-state index contributed by atoms with van der Waals surface area (Å²) in [7, 11) is 0. The molecule has 5 heteroatoms. The predicted molar refractivity (Wildman–Crippen MR) is 80.1 cm³/mol. The zero-order valence-corrected chi connectivity index (χ0v) is 12.4. The number of rotatable bonds is 2. The molecule has 0 aliphatic carbocycles. The second-order valence-electron chi connectivity index (χ2n) is 5.45. The minimum Gasteiger partial charge on any atom is -0.445 e. The van der Waals surface area contributed by atoms with Gasteiger partial charge in [0.15, 0.2) is 5.60 Å². The summed E-state index contributed by atoms with van der Waals surface area (Å²) in [5.41, 5.74) is 0.432. The maximum atomic E-state index is 12.0. The molecule has 1 saturated heterocycles. The molecule has 3 rings (SSSR count). The van der Waals surface area contributed by atoms with Crippen LogP contribution in [0.15, 0.2) is 30.3 Å². The average molecular weight is 301 g/mol. The van der Waals surface area contributed by atoms with Crippen molar-refractivity contribution in [1.29, 1.82) is 0 Å². The lowest BCUT2D eigenvalue weighted by atomic mass is 9.95. The number of ether oxygens (including phenoxy) is 3. The molecule has 0 saturated carbocycles. The van der Waals surface area contributed by atoms with Gasteiger partial charge in [0.1, 0.15) is 13.2 Å². The van der Waals surface area contributed by atoms with Crippen molar-refractivity contribution in [3.8, 4) is 11.8 Å². The van der Waals surface area contributed by atoms with Gasteiger partial charge in [-0.15, -0.1) is 0 Å². The molecule has 0 radical (unpaired) electrons. The summed E-state index contributed by atoms with van der Waals surface area (Å²) in [6.07, 6.45) is 0.514. The predicted octanol–water partition coefficient (Wildman–Crippen LogP) is 1.82. The Kier molecular flexibility index (Phi) is 4.62. The third-order valence-electron chi connectivity index (χ3n) is 3.66. The fourth-order valence-electron chi connectivity index (χ4n) is 2.47. The van der Waals surface area contributed by atoms with Gasteiger partial charge in [0, 0.05) is 0 Å². The van der Waals surface area contributed by atoms with Gasteiger partial charge in [-0.05, 0) is 12.0 Å². The van der Waals surface area contributed by atoms with Gasteiger partial charge in [-0.1, -0.05) is 42.2 Å². The van der Waals surface area contributed by atoms with Crippen molar-refractivity contribution in [2.24, 2.45) is 0 Å². The van der Waals surface area contributed by atoms with Crippen LogP contribution in [0.2, 0.25) is 0 Å². The average Bonchev–Trinajstić information content (AvgIpc) is 2.64. The topological polar surface area (TPSA) is 48.0 Å². The Hall–Kier alpha value is -2.03. The van der Waals surface area contributed by atoms with Crippen LogP contribution in [0.5, 0.6) is 0 Å². The number of amides is 1. The van der Waals surface area contributed by atoms with Gasteiger partial charge in [0.2, 0.25) is 0 Å². The van der Waals surface area contributed by atoms with Gasteiger partial charge in [0.05, 0.1) is 26.3 Å². The van der Waals surface area contributed by atoms with E-state index in [1.807, 2.05) is 30.3 Å². The van der Waals surface area contributed by atoms with Gasteiger partial charge in [-0.25, -0.2) is 4.79 Å². The van der Waals surface area contributed by atoms with E-state index in [-0.39, 0.29) is 12.7 Å². The van der Waals surface area contributed by atoms with Crippen molar-refractivity contribution in [1.82, 2.24) is 4.90 Å². The van der Waals surface area contributed by atoms with E-state index in [1.165, 1.54) is 0 Å². The number of likely N-dealkylation sites (tertiary alicyclic amines) is 1. The number of hydrogen-bond donors (Lipinski definition) is 0. The molecule has 2 aliphatic rings. The van der Waals surface area contributed by atoms with Crippen LogP contribution >= 0.6 is 0 Å². The molecule has 1 fully saturated rings. The summed E-state index contributed by atoms with van der Waals surface area (Å²) in [4.78, 5) is 13.6. The van der Waals surface area contributed by atoms with Crippen LogP contribution in [0.3, 0.4) is 0 Å². The van der Waals surface area contributed by atoms with E-state index in [2.05, 4.69) is 11.8 Å². The molecule has 2 heterocycles. The molecule has 116 valence electrons. The first kappa shape index (κ1) is 14.9. The maximum absolute atomic E-state index is 12.0. The Balaban J connectivity index is 1.50. The third kappa shape index (κ3) is 3.59. The van der Waals surface area contributed by atoms with Crippen molar-refractivity contribution in [3.05, 3.63) is 35.9 Å². The molecule has 0 atom stereocenters. The lowest BCUT2D eigenvalue weighted by molar-refractivity contribution is -0.0991. The third-order valence-corrected chi connectivity index (χ3v) is 3.66. The molecule has 0 aromatic heterocycles. The maximum Gasteiger partial charge on any atom is 0.410 e. The molecule has 2 aliphatic heterocycles. The minimum atomic E-state index is -0.542. The highest BCUT2D eigenvalue weighted by atomic mass is 16.6. The fraction of sp³-hybridized carbons (Fsp3) is 0.471. The Bertz CT molecular complexity index is 569. The molecule has 1 aromatic carbocycles. The number of hydrogen-bond acceptors (Lipinski definition) is 4. The van der Waals surface area contributed by atoms with Crippen molar-refractivity contribution >= 4 is 6.09 Å². The lowest BCUT2D eigenvalue weighted by Crippen LogP contribution is -2.64. The van der Waals surface area contributed by atoms with Gasteiger partial charge >= 0.3 is 6.09 Å². The van der Waals surface area contributed by atoms with Crippen LogP contribution in [0, 0.1) is 11.8 Å². The van der Waals surface area contributed by atoms with Gasteiger partial charge in [-0.3, -0.25) is 0 Å². The minimum absolute atomic E-state index is 0.281. The Morgan fingerprint density at radius 1 is 1.27 bits per heavy atom. The van der Waals surface area contributed by atoms with Crippen molar-refractivity contribution in [2.45, 2.75) is 18.6 Å². The normalized spacial score (nSPS) is 19.9. The standard InChI is InChI=1S/C17H19NO4/c19-16(21-12-15-6-2-1-3-7-15)18-13-17(14-18)8-4-9-20-10-5-11-22-17/h1-3,6-7H,5,9-14H2. The van der Waals surface area contributed by atoms with Crippen LogP contribution in [0.1, 0.15) is 12.0 Å². The zero-order chi connectivity index (χ0) is 15.3. The fourth-order valence-corrected chi connectivity index (χ4v) is 2.47. The Morgan fingerprint density at radius 2 is 2.09 bits per heavy atom. The molecule has 5 nitrogen and oxygen atoms in total. The summed E-state index contributed by atoms with van der Waals surface area (Å²) in [5.74, 6) is 6.05. The number of nitrogens with zero attached hydrogens (tertiary/aromatic N) is 1. The first-order valence-electron chi connectivity index (χ1n) is 7.45. The summed E-state index contributed by atoms with van der Waals surface area (Å²) in [5, 5.41) is 0. The van der Waals surface area contributed by atoms with Crippen molar-refractivity contribution < 1.29 is 19.0 Å². The highest BCUT2D eigenvalue weighted by molar-refractivity contribution is 5.69. The van der Waals surface area contributed by atoms with Gasteiger partial charge in [-0.2, -0.15) is 0 Å². The number of benzene rings is 1. The molecule has 22 heavy (non-hydrogen) atoms. The monoisotopic (exact) mass is 301 g/mol. The molecule has 0 N–H and O–H groups in total. The van der Waals surface area contributed by atoms with Gasteiger partial charge in [0.25, 0.3) is 0 Å². The zero-order valence-electron chi connectivity index (χ0n) is 12.4. The van der Waals surface area contributed by atoms with E-state index in [1.54, 1.807) is 4.90 Å². The summed E-state index contributed by atoms with van der Waals surface area (Å²) >= 11 is 0. The Morgan fingerprint density at radius 3 is 2.91 bits per heavy atom. The number of carbonyl (C=O) groups excluding carboxylic acids is 1. The van der Waals surface area contributed by atoms with Crippen molar-refractivity contribution in [2.75, 3.05) is 32.9 Å². The summed E-state index contributed by atoms with van der Waals surface area (Å²) < 4.78 is 16.5. The molecular formula is C17H19NO4. The lowest BCUT2D eigenvalue weighted by Gasteiger charge is -2.45. The van der Waals surface area contributed by atoms with E-state index < -0.39 is 5.60 Å². The van der Waals surface area contributed by atoms with E-state index in [0.29, 0.717) is 32.9 Å². The van der Waals surface area contributed by atoms with Crippen LogP contribution in [0.25, 0.3) is 0 Å². The van der Waals surface area contributed by atoms with E-state index in [0.717, 1.165) is 12.0 Å². The SMILES string of the molecule is O=C(OCc1ccccc1)N1CC2(C#CCOCCCO2)C1. The second kappa shape index (κ2) is 6.82. The van der Waals surface area contributed by atoms with Gasteiger partial charge < -0.3 is 19.1 Å². The van der Waals surface area contributed by atoms with Crippen LogP contribution in [-0.4, -0.2) is 49.5 Å². The van der Waals surface area contributed by atoms with Crippen molar-refractivity contribution in [3.63, 3.8) is 0 Å². The first-order valence-corrected chi connectivity index (χ1v) is 7.45. The van der Waals surface area contributed by atoms with Crippen LogP contribution in [0.4, 0.5) is 4.79 Å². The summed E-state index contributed by atoms with van der Waals surface area (Å²) in [6.45, 7) is 2.86. The van der Waals surface area contributed by atoms with E-state index in [9.17, 15) is 4.79 Å². The Labute approximate surface area is 130 Å². The van der Waals surface area contributed by atoms with Crippen LogP contribution < -0.4 is 0 Å². The molecule has 1 spiro atoms. The molecular weight excluding hydrogens is 282 g/mol. The van der Waals surface area contributed by atoms with E-state index >= 15 is 0 Å². The van der Waals surface area contributed by atoms with Crippen LogP contribution in [-0.2, 0) is 20.8 Å². The highest BCUT2D eigenvalue weighted by Crippen LogP contribution is 2.26. The first-order chi connectivity index (χ1) is 10.8. The molecule has 0 bridgehead atoms. The number of carbonyl (C=O) groups is 1. The molecule has 1 aromatic rings. The smallest absolute Gasteiger partial charge is 0.410 e. The molecule has 1 amide bonds. The van der Waals surface area contributed by atoms with E-state index in [4.69, 9.17) is 14.2 Å². The second-order valence-corrected chi connectivity index (χ2v) is 5.45. The largest absolute Gasteiger partial charge is 0.445 e. The summed E-state index contributed by atoms with van der Waals surface area (Å²) in [6, 6.07) is 9.63. The highest BCUT2D eigenvalue weighted by Gasteiger charge is 2.46. The molecule has 0 unspecified atom stereocenters.